The van der Waals surface area contributed by atoms with Crippen molar-refractivity contribution in [3.8, 4) is 27.9 Å². The van der Waals surface area contributed by atoms with Gasteiger partial charge in [0.2, 0.25) is 0 Å². The van der Waals surface area contributed by atoms with Crippen LogP contribution in [0.15, 0.2) is 231 Å². The van der Waals surface area contributed by atoms with E-state index in [4.69, 9.17) is 0 Å². The van der Waals surface area contributed by atoms with E-state index in [0.29, 0.717) is 0 Å². The fraction of sp³-hybridized carbons (Fsp3) is 0.107. The van der Waals surface area contributed by atoms with Gasteiger partial charge in [-0.2, -0.15) is 0 Å². The monoisotopic (exact) mass is 752 g/mol. The van der Waals surface area contributed by atoms with E-state index in [-0.39, 0.29) is 12.0 Å². The maximum atomic E-state index is 4.57. The molecule has 1 aromatic heterocycles. The van der Waals surface area contributed by atoms with E-state index in [1.807, 2.05) is 24.3 Å². The number of hydrogen-bond acceptors (Lipinski definition) is 1. The summed E-state index contributed by atoms with van der Waals surface area (Å²) in [5, 5.41) is 1.27. The van der Waals surface area contributed by atoms with E-state index < -0.39 is 0 Å². The van der Waals surface area contributed by atoms with Crippen LogP contribution in [0.2, 0.25) is 0 Å². The Labute approximate surface area is 345 Å². The summed E-state index contributed by atoms with van der Waals surface area (Å²) < 4.78 is 2.43. The third kappa shape index (κ3) is 7.50. The van der Waals surface area contributed by atoms with Gasteiger partial charge in [-0.15, -0.1) is 0 Å². The Hall–Kier alpha value is -6.90. The molecule has 0 radical (unpaired) electrons. The van der Waals surface area contributed by atoms with Crippen molar-refractivity contribution in [3.63, 3.8) is 0 Å². The molecule has 8 rings (SSSR count). The van der Waals surface area contributed by atoms with Crippen LogP contribution in [-0.4, -0.2) is 10.6 Å². The molecule has 0 N–H and O–H groups in total. The van der Waals surface area contributed by atoms with Crippen molar-refractivity contribution >= 4 is 22.7 Å². The standard InChI is InChI=1S/C53H44N2.C3H8/c1-7-9-18-36(3)37(4)27-28-38(5)39(6)47(8-2)55-49-26-16-14-24-46(49)53-51(55)34-33-50-52(53)45-23-13-15-25-48(45)54(50)44-31-29-41(30-32-44)43-22-17-21-42(35-43)40-19-11-10-12-20-40;1-3-2/h7-35,51,53H,1,3-6H2,2H3;3H2,1-2H3/b18-9-,28-27-,47-8+;. The molecule has 0 spiro atoms. The summed E-state index contributed by atoms with van der Waals surface area (Å²) in [5.74, 6) is 0.119. The van der Waals surface area contributed by atoms with Crippen LogP contribution in [0.3, 0.4) is 0 Å². The van der Waals surface area contributed by atoms with Crippen molar-refractivity contribution in [2.24, 2.45) is 0 Å². The number of anilines is 1. The fourth-order valence-electron chi connectivity index (χ4n) is 8.16. The van der Waals surface area contributed by atoms with Crippen LogP contribution in [0.1, 0.15) is 49.9 Å². The molecule has 2 heteroatoms. The summed E-state index contributed by atoms with van der Waals surface area (Å²) in [5.41, 5.74) is 16.6. The molecule has 2 heterocycles. The third-order valence-corrected chi connectivity index (χ3v) is 10.9. The van der Waals surface area contributed by atoms with E-state index in [2.05, 4.69) is 209 Å². The SMILES string of the molecule is C=C/C=C\C(=C)C(=C)/C=C\C(=C)C(=C)/C(=C\C)N1c2ccccc2C2c3c(n(-c4ccc(-c5cccc(-c6ccccc6)c5)cc4)c4ccccc34)C=CC21.CCC. The Bertz CT molecular complexity index is 2650. The molecule has 2 unspecified atom stereocenters. The van der Waals surface area contributed by atoms with Gasteiger partial charge in [0.05, 0.1) is 17.3 Å². The van der Waals surface area contributed by atoms with Gasteiger partial charge in [-0.1, -0.05) is 193 Å². The number of rotatable bonds is 11. The molecule has 5 aromatic carbocycles. The van der Waals surface area contributed by atoms with Crippen molar-refractivity contribution in [1.82, 2.24) is 4.57 Å². The number of fused-ring (bicyclic) bond motifs is 7. The quantitative estimate of drug-likeness (QED) is 0.120. The van der Waals surface area contributed by atoms with Crippen LogP contribution in [-0.2, 0) is 0 Å². The van der Waals surface area contributed by atoms with Crippen molar-refractivity contribution in [1.29, 1.82) is 0 Å². The lowest BCUT2D eigenvalue weighted by atomic mass is 9.82. The van der Waals surface area contributed by atoms with Crippen LogP contribution < -0.4 is 4.90 Å². The predicted octanol–water partition coefficient (Wildman–Crippen LogP) is 15.2. The molecule has 1 aliphatic carbocycles. The lowest BCUT2D eigenvalue weighted by Crippen LogP contribution is -2.34. The third-order valence-electron chi connectivity index (χ3n) is 10.9. The van der Waals surface area contributed by atoms with E-state index in [9.17, 15) is 0 Å². The summed E-state index contributed by atoms with van der Waals surface area (Å²) in [6, 6.07) is 46.1. The van der Waals surface area contributed by atoms with Gasteiger partial charge in [-0.3, -0.25) is 0 Å². The average Bonchev–Trinajstić information content (AvgIpc) is 3.78. The minimum Gasteiger partial charge on any atom is -0.333 e. The number of allylic oxidation sites excluding steroid dienone is 9. The van der Waals surface area contributed by atoms with Crippen LogP contribution in [0.4, 0.5) is 5.69 Å². The van der Waals surface area contributed by atoms with Gasteiger partial charge in [0, 0.05) is 28.4 Å². The Kier molecular flexibility index (Phi) is 11.9. The summed E-state index contributed by atoms with van der Waals surface area (Å²) in [6.45, 7) is 27.4. The maximum Gasteiger partial charge on any atom is 0.0637 e. The molecule has 2 aliphatic rings. The van der Waals surface area contributed by atoms with Crippen molar-refractivity contribution < 1.29 is 0 Å². The molecule has 0 fully saturated rings. The molecular formula is C56H52N2. The normalized spacial score (nSPS) is 15.4. The number of hydrogen-bond donors (Lipinski definition) is 0. The largest absolute Gasteiger partial charge is 0.333 e. The van der Waals surface area contributed by atoms with Crippen molar-refractivity contribution in [2.75, 3.05) is 4.90 Å². The average molecular weight is 753 g/mol. The van der Waals surface area contributed by atoms with Crippen molar-refractivity contribution in [2.45, 2.75) is 39.2 Å². The minimum absolute atomic E-state index is 0.0573. The second-order valence-electron chi connectivity index (χ2n) is 14.8. The van der Waals surface area contributed by atoms with Crippen LogP contribution in [0.25, 0.3) is 44.9 Å². The molecular weight excluding hydrogens is 701 g/mol. The Morgan fingerprint density at radius 3 is 1.97 bits per heavy atom. The first-order chi connectivity index (χ1) is 28.3. The highest BCUT2D eigenvalue weighted by atomic mass is 15.2. The molecule has 0 amide bonds. The molecule has 58 heavy (non-hydrogen) atoms. The van der Waals surface area contributed by atoms with Gasteiger partial charge < -0.3 is 9.47 Å². The van der Waals surface area contributed by atoms with Gasteiger partial charge in [0.1, 0.15) is 0 Å². The maximum absolute atomic E-state index is 4.57. The Balaban J connectivity index is 0.00000166. The summed E-state index contributed by atoms with van der Waals surface area (Å²) in [6.07, 6.45) is 17.5. The minimum atomic E-state index is 0.0573. The highest BCUT2D eigenvalue weighted by molar-refractivity contribution is 5.94. The van der Waals surface area contributed by atoms with E-state index in [0.717, 1.165) is 33.7 Å². The highest BCUT2D eigenvalue weighted by Gasteiger charge is 2.44. The van der Waals surface area contributed by atoms with Crippen LogP contribution >= 0.6 is 0 Å². The van der Waals surface area contributed by atoms with Gasteiger partial charge in [-0.05, 0) is 99.0 Å². The van der Waals surface area contributed by atoms with Gasteiger partial charge in [0.15, 0.2) is 0 Å². The van der Waals surface area contributed by atoms with Crippen LogP contribution in [0.5, 0.6) is 0 Å². The lowest BCUT2D eigenvalue weighted by molar-refractivity contribution is 0.709. The first-order valence-corrected chi connectivity index (χ1v) is 20.2. The predicted molar refractivity (Wildman–Crippen MR) is 252 cm³/mol. The molecule has 0 saturated carbocycles. The van der Waals surface area contributed by atoms with Gasteiger partial charge in [-0.25, -0.2) is 0 Å². The zero-order valence-electron chi connectivity index (χ0n) is 34.0. The Morgan fingerprint density at radius 1 is 0.655 bits per heavy atom. The second-order valence-corrected chi connectivity index (χ2v) is 14.8. The summed E-state index contributed by atoms with van der Waals surface area (Å²) in [7, 11) is 0. The second kappa shape index (κ2) is 17.5. The molecule has 0 saturated heterocycles. The molecule has 6 aromatic rings. The van der Waals surface area contributed by atoms with Crippen LogP contribution in [0, 0.1) is 0 Å². The van der Waals surface area contributed by atoms with E-state index in [1.165, 1.54) is 62.1 Å². The first-order valence-electron chi connectivity index (χ1n) is 20.2. The smallest absolute Gasteiger partial charge is 0.0637 e. The number of nitrogens with zero attached hydrogens (tertiary/aromatic N) is 2. The number of benzene rings is 5. The molecule has 2 atom stereocenters. The highest BCUT2D eigenvalue weighted by Crippen LogP contribution is 2.53. The summed E-state index contributed by atoms with van der Waals surface area (Å²) >= 11 is 0. The molecule has 1 aliphatic heterocycles. The van der Waals surface area contributed by atoms with E-state index >= 15 is 0 Å². The van der Waals surface area contributed by atoms with Gasteiger partial charge >= 0.3 is 0 Å². The van der Waals surface area contributed by atoms with Gasteiger partial charge in [0.25, 0.3) is 0 Å². The zero-order chi connectivity index (χ0) is 40.8. The zero-order valence-corrected chi connectivity index (χ0v) is 34.0. The Morgan fingerprint density at radius 2 is 1.26 bits per heavy atom. The summed E-state index contributed by atoms with van der Waals surface area (Å²) in [4.78, 5) is 2.45. The lowest BCUT2D eigenvalue weighted by Gasteiger charge is -2.33. The van der Waals surface area contributed by atoms with E-state index in [1.54, 1.807) is 6.08 Å². The first kappa shape index (κ1) is 39.3. The fourth-order valence-corrected chi connectivity index (χ4v) is 8.16. The topological polar surface area (TPSA) is 8.17 Å². The molecule has 0 bridgehead atoms. The number of para-hydroxylation sites is 2. The molecule has 2 nitrogen and oxygen atoms in total. The number of aromatic nitrogens is 1. The molecule has 286 valence electrons. The van der Waals surface area contributed by atoms with Crippen molar-refractivity contribution in [3.05, 3.63) is 248 Å².